The quantitative estimate of drug-likeness (QED) is 0.672. The van der Waals surface area contributed by atoms with E-state index in [0.29, 0.717) is 18.7 Å². The van der Waals surface area contributed by atoms with E-state index in [1.807, 2.05) is 55.5 Å². The van der Waals surface area contributed by atoms with E-state index in [4.69, 9.17) is 4.74 Å². The van der Waals surface area contributed by atoms with Crippen molar-refractivity contribution in [2.24, 2.45) is 0 Å². The van der Waals surface area contributed by atoms with Crippen LogP contribution in [0.4, 0.5) is 0 Å². The summed E-state index contributed by atoms with van der Waals surface area (Å²) in [6.07, 6.45) is 0.689. The van der Waals surface area contributed by atoms with Gasteiger partial charge in [0.05, 0.1) is 12.8 Å². The molecule has 0 bridgehead atoms. The Morgan fingerprint density at radius 1 is 1.07 bits per heavy atom. The molecule has 3 rings (SSSR count). The number of methoxy groups -OCH3 is 1. The Morgan fingerprint density at radius 2 is 1.76 bits per heavy atom. The summed E-state index contributed by atoms with van der Waals surface area (Å²) in [6.45, 7) is 4.16. The number of aromatic nitrogens is 2. The SMILES string of the molecule is COc1ccc(CCNC(=O)C(C)n2nc(-c3ccc(C)cc3)ccc2=O)cc1. The Labute approximate surface area is 170 Å². The standard InChI is InChI=1S/C23H25N3O3/c1-16-4-8-19(9-5-16)21-12-13-22(27)26(25-21)17(2)23(28)24-15-14-18-6-10-20(29-3)11-7-18/h4-13,17H,14-15H2,1-3H3,(H,24,28). The van der Waals surface area contributed by atoms with Gasteiger partial charge in [-0.25, -0.2) is 4.68 Å². The molecule has 3 aromatic rings. The molecular formula is C23H25N3O3. The Morgan fingerprint density at radius 3 is 2.41 bits per heavy atom. The van der Waals surface area contributed by atoms with Gasteiger partial charge in [-0.1, -0.05) is 42.0 Å². The molecular weight excluding hydrogens is 366 g/mol. The fourth-order valence-corrected chi connectivity index (χ4v) is 2.96. The Bertz CT molecular complexity index is 1020. The summed E-state index contributed by atoms with van der Waals surface area (Å²) in [7, 11) is 1.63. The van der Waals surface area contributed by atoms with Crippen molar-refractivity contribution in [2.75, 3.05) is 13.7 Å². The summed E-state index contributed by atoms with van der Waals surface area (Å²) in [5.74, 6) is 0.555. The average Bonchev–Trinajstić information content (AvgIpc) is 2.74. The summed E-state index contributed by atoms with van der Waals surface area (Å²) in [5.41, 5.74) is 3.49. The van der Waals surface area contributed by atoms with Crippen molar-refractivity contribution in [3.05, 3.63) is 82.1 Å². The maximum Gasteiger partial charge on any atom is 0.267 e. The molecule has 0 aliphatic carbocycles. The molecule has 0 fully saturated rings. The fraction of sp³-hybridized carbons (Fsp3) is 0.261. The number of hydrogen-bond acceptors (Lipinski definition) is 4. The van der Waals surface area contributed by atoms with Crippen LogP contribution in [0.5, 0.6) is 5.75 Å². The van der Waals surface area contributed by atoms with E-state index in [1.54, 1.807) is 20.1 Å². The molecule has 6 heteroatoms. The van der Waals surface area contributed by atoms with Gasteiger partial charge in [-0.05, 0) is 44.0 Å². The number of ether oxygens (including phenoxy) is 1. The van der Waals surface area contributed by atoms with Crippen LogP contribution < -0.4 is 15.6 Å². The Kier molecular flexibility index (Phi) is 6.44. The number of rotatable bonds is 7. The molecule has 6 nitrogen and oxygen atoms in total. The minimum atomic E-state index is -0.705. The van der Waals surface area contributed by atoms with Crippen LogP contribution in [-0.4, -0.2) is 29.3 Å². The van der Waals surface area contributed by atoms with Crippen molar-refractivity contribution < 1.29 is 9.53 Å². The molecule has 0 saturated carbocycles. The molecule has 0 saturated heterocycles. The predicted molar refractivity (Wildman–Crippen MR) is 113 cm³/mol. The van der Waals surface area contributed by atoms with Crippen LogP contribution in [0.3, 0.4) is 0 Å². The van der Waals surface area contributed by atoms with Gasteiger partial charge >= 0.3 is 0 Å². The van der Waals surface area contributed by atoms with Gasteiger partial charge in [0.15, 0.2) is 0 Å². The van der Waals surface area contributed by atoms with E-state index in [9.17, 15) is 9.59 Å². The van der Waals surface area contributed by atoms with Gasteiger partial charge in [0.1, 0.15) is 11.8 Å². The molecule has 1 N–H and O–H groups in total. The molecule has 0 aliphatic heterocycles. The maximum atomic E-state index is 12.5. The number of carbonyl (C=O) groups excluding carboxylic acids is 1. The second-order valence-corrected chi connectivity index (χ2v) is 6.93. The number of nitrogens with one attached hydrogen (secondary N) is 1. The third kappa shape index (κ3) is 5.10. The fourth-order valence-electron chi connectivity index (χ4n) is 2.96. The van der Waals surface area contributed by atoms with E-state index < -0.39 is 6.04 Å². The molecule has 2 aromatic carbocycles. The number of nitrogens with zero attached hydrogens (tertiary/aromatic N) is 2. The first-order valence-corrected chi connectivity index (χ1v) is 9.55. The topological polar surface area (TPSA) is 73.2 Å². The van der Waals surface area contributed by atoms with Crippen LogP contribution in [0.1, 0.15) is 24.1 Å². The molecule has 1 aromatic heterocycles. The van der Waals surface area contributed by atoms with Crippen LogP contribution in [0, 0.1) is 6.92 Å². The first kappa shape index (κ1) is 20.3. The molecule has 1 unspecified atom stereocenters. The lowest BCUT2D eigenvalue weighted by molar-refractivity contribution is -0.124. The summed E-state index contributed by atoms with van der Waals surface area (Å²) in [4.78, 5) is 24.8. The maximum absolute atomic E-state index is 12.5. The number of carbonyl (C=O) groups is 1. The molecule has 0 radical (unpaired) electrons. The summed E-state index contributed by atoms with van der Waals surface area (Å²) in [6, 6.07) is 18.0. The van der Waals surface area contributed by atoms with E-state index in [1.165, 1.54) is 10.7 Å². The first-order valence-electron chi connectivity index (χ1n) is 9.55. The number of benzene rings is 2. The monoisotopic (exact) mass is 391 g/mol. The zero-order valence-corrected chi connectivity index (χ0v) is 16.9. The van der Waals surface area contributed by atoms with Crippen molar-refractivity contribution in [3.63, 3.8) is 0 Å². The highest BCUT2D eigenvalue weighted by molar-refractivity contribution is 5.79. The van der Waals surface area contributed by atoms with Gasteiger partial charge in [-0.3, -0.25) is 9.59 Å². The molecule has 1 heterocycles. The molecule has 1 amide bonds. The second-order valence-electron chi connectivity index (χ2n) is 6.93. The lowest BCUT2D eigenvalue weighted by Crippen LogP contribution is -2.37. The van der Waals surface area contributed by atoms with Gasteiger partial charge in [0, 0.05) is 18.2 Å². The van der Waals surface area contributed by atoms with Crippen LogP contribution in [0.25, 0.3) is 11.3 Å². The molecule has 0 aliphatic rings. The normalized spacial score (nSPS) is 11.7. The number of amides is 1. The minimum Gasteiger partial charge on any atom is -0.497 e. The van der Waals surface area contributed by atoms with Gasteiger partial charge in [-0.2, -0.15) is 5.10 Å². The van der Waals surface area contributed by atoms with Crippen molar-refractivity contribution in [2.45, 2.75) is 26.3 Å². The molecule has 150 valence electrons. The third-order valence-corrected chi connectivity index (χ3v) is 4.79. The summed E-state index contributed by atoms with van der Waals surface area (Å²) in [5, 5.41) is 7.29. The summed E-state index contributed by atoms with van der Waals surface area (Å²) >= 11 is 0. The highest BCUT2D eigenvalue weighted by Crippen LogP contribution is 2.17. The lowest BCUT2D eigenvalue weighted by Gasteiger charge is -2.15. The van der Waals surface area contributed by atoms with Crippen molar-refractivity contribution in [1.29, 1.82) is 0 Å². The van der Waals surface area contributed by atoms with Gasteiger partial charge in [-0.15, -0.1) is 0 Å². The van der Waals surface area contributed by atoms with Crippen molar-refractivity contribution in [1.82, 2.24) is 15.1 Å². The van der Waals surface area contributed by atoms with Gasteiger partial charge in [0.25, 0.3) is 5.56 Å². The zero-order valence-electron chi connectivity index (χ0n) is 16.9. The molecule has 1 atom stereocenters. The Hall–Kier alpha value is -3.41. The van der Waals surface area contributed by atoms with E-state index in [2.05, 4.69) is 10.4 Å². The van der Waals surface area contributed by atoms with Crippen molar-refractivity contribution >= 4 is 5.91 Å². The van der Waals surface area contributed by atoms with Crippen LogP contribution >= 0.6 is 0 Å². The van der Waals surface area contributed by atoms with Crippen molar-refractivity contribution in [3.8, 4) is 17.0 Å². The smallest absolute Gasteiger partial charge is 0.267 e. The predicted octanol–water partition coefficient (Wildman–Crippen LogP) is 3.15. The van der Waals surface area contributed by atoms with Gasteiger partial charge in [0.2, 0.25) is 5.91 Å². The number of hydrogen-bond donors (Lipinski definition) is 1. The van der Waals surface area contributed by atoms with Crippen LogP contribution in [0.15, 0.2) is 65.5 Å². The number of aryl methyl sites for hydroxylation is 1. The minimum absolute atomic E-state index is 0.242. The third-order valence-electron chi connectivity index (χ3n) is 4.79. The highest BCUT2D eigenvalue weighted by atomic mass is 16.5. The van der Waals surface area contributed by atoms with Gasteiger partial charge < -0.3 is 10.1 Å². The molecule has 0 spiro atoms. The largest absolute Gasteiger partial charge is 0.497 e. The van der Waals surface area contributed by atoms with Crippen LogP contribution in [-0.2, 0) is 11.2 Å². The van der Waals surface area contributed by atoms with Crippen LogP contribution in [0.2, 0.25) is 0 Å². The highest BCUT2D eigenvalue weighted by Gasteiger charge is 2.17. The first-order chi connectivity index (χ1) is 14.0. The van der Waals surface area contributed by atoms with E-state index in [0.717, 1.165) is 22.4 Å². The zero-order chi connectivity index (χ0) is 20.8. The second kappa shape index (κ2) is 9.19. The Balaban J connectivity index is 1.66. The lowest BCUT2D eigenvalue weighted by atomic mass is 10.1. The molecule has 29 heavy (non-hydrogen) atoms. The van der Waals surface area contributed by atoms with E-state index >= 15 is 0 Å². The summed E-state index contributed by atoms with van der Waals surface area (Å²) < 4.78 is 6.38. The van der Waals surface area contributed by atoms with E-state index in [-0.39, 0.29) is 11.5 Å². The average molecular weight is 391 g/mol.